The zero-order valence-electron chi connectivity index (χ0n) is 11.4. The van der Waals surface area contributed by atoms with Crippen LogP contribution in [-0.4, -0.2) is 48.9 Å². The van der Waals surface area contributed by atoms with Gasteiger partial charge in [-0.1, -0.05) is 34.5 Å². The lowest BCUT2D eigenvalue weighted by Gasteiger charge is -2.22. The summed E-state index contributed by atoms with van der Waals surface area (Å²) in [5.74, 6) is 0.493. The number of benzene rings is 1. The summed E-state index contributed by atoms with van der Waals surface area (Å²) in [5.41, 5.74) is 0.572. The number of carbonyl (C=O) groups is 1. The summed E-state index contributed by atoms with van der Waals surface area (Å²) in [6, 6.07) is 5.80. The highest BCUT2D eigenvalue weighted by atomic mass is 79.9. The van der Waals surface area contributed by atoms with Gasteiger partial charge in [0.1, 0.15) is 0 Å². The Morgan fingerprint density at radius 1 is 1.42 bits per heavy atom. The standard InChI is InChI=1S/C14H18BrClN2O/c1-9-7-18(8-13(9)17(2)3)14(19)11-6-10(15)4-5-12(11)16/h4-6,9,13H,7-8H2,1-3H3. The zero-order chi connectivity index (χ0) is 14.2. The van der Waals surface area contributed by atoms with E-state index in [1.54, 1.807) is 12.1 Å². The molecule has 3 nitrogen and oxygen atoms in total. The van der Waals surface area contributed by atoms with Gasteiger partial charge in [-0.05, 0) is 38.2 Å². The smallest absolute Gasteiger partial charge is 0.255 e. The molecule has 1 saturated heterocycles. The largest absolute Gasteiger partial charge is 0.337 e. The fourth-order valence-corrected chi connectivity index (χ4v) is 3.18. The van der Waals surface area contributed by atoms with Gasteiger partial charge >= 0.3 is 0 Å². The van der Waals surface area contributed by atoms with Crippen molar-refractivity contribution in [3.05, 3.63) is 33.3 Å². The second-order valence-electron chi connectivity index (χ2n) is 5.34. The third-order valence-electron chi connectivity index (χ3n) is 3.68. The summed E-state index contributed by atoms with van der Waals surface area (Å²) in [7, 11) is 4.11. The van der Waals surface area contributed by atoms with Gasteiger partial charge in [-0.25, -0.2) is 0 Å². The molecule has 0 aromatic heterocycles. The maximum Gasteiger partial charge on any atom is 0.255 e. The number of likely N-dealkylation sites (tertiary alicyclic amines) is 1. The van der Waals surface area contributed by atoms with Crippen LogP contribution in [0.4, 0.5) is 0 Å². The summed E-state index contributed by atoms with van der Waals surface area (Å²) in [4.78, 5) is 16.6. The first-order valence-corrected chi connectivity index (χ1v) is 7.48. The summed E-state index contributed by atoms with van der Waals surface area (Å²) >= 11 is 9.51. The first kappa shape index (κ1) is 14.8. The van der Waals surface area contributed by atoms with Crippen molar-refractivity contribution in [3.8, 4) is 0 Å². The summed E-state index contributed by atoms with van der Waals surface area (Å²) < 4.78 is 0.872. The molecule has 1 heterocycles. The number of nitrogens with zero attached hydrogens (tertiary/aromatic N) is 2. The topological polar surface area (TPSA) is 23.6 Å². The molecule has 0 spiro atoms. The Balaban J connectivity index is 2.19. The van der Waals surface area contributed by atoms with Crippen molar-refractivity contribution in [2.75, 3.05) is 27.2 Å². The molecule has 104 valence electrons. The number of rotatable bonds is 2. The number of halogens is 2. The Labute approximate surface area is 127 Å². The average Bonchev–Trinajstić information content (AvgIpc) is 2.74. The molecule has 1 fully saturated rings. The average molecular weight is 346 g/mol. The molecular formula is C14H18BrClN2O. The molecule has 2 atom stereocenters. The van der Waals surface area contributed by atoms with Crippen molar-refractivity contribution in [3.63, 3.8) is 0 Å². The van der Waals surface area contributed by atoms with Gasteiger partial charge in [0.2, 0.25) is 0 Å². The van der Waals surface area contributed by atoms with Gasteiger partial charge in [-0.3, -0.25) is 4.79 Å². The van der Waals surface area contributed by atoms with Crippen LogP contribution < -0.4 is 0 Å². The normalized spacial score (nSPS) is 23.2. The molecule has 1 amide bonds. The Morgan fingerprint density at radius 2 is 2.11 bits per heavy atom. The Kier molecular flexibility index (Phi) is 4.54. The molecule has 0 N–H and O–H groups in total. The maximum absolute atomic E-state index is 12.5. The summed E-state index contributed by atoms with van der Waals surface area (Å²) in [5, 5.41) is 0.508. The molecule has 2 unspecified atom stereocenters. The lowest BCUT2D eigenvalue weighted by Crippen LogP contribution is -2.35. The second-order valence-corrected chi connectivity index (χ2v) is 6.67. The van der Waals surface area contributed by atoms with Gasteiger partial charge in [-0.2, -0.15) is 0 Å². The van der Waals surface area contributed by atoms with E-state index in [1.165, 1.54) is 0 Å². The molecule has 0 aliphatic carbocycles. The Hall–Kier alpha value is -0.580. The molecule has 1 aromatic rings. The third kappa shape index (κ3) is 3.12. The van der Waals surface area contributed by atoms with E-state index in [9.17, 15) is 4.79 Å². The van der Waals surface area contributed by atoms with Crippen molar-refractivity contribution in [2.45, 2.75) is 13.0 Å². The summed E-state index contributed by atoms with van der Waals surface area (Å²) in [6.45, 7) is 3.72. The first-order chi connectivity index (χ1) is 8.90. The van der Waals surface area contributed by atoms with Crippen LogP contribution in [0.15, 0.2) is 22.7 Å². The van der Waals surface area contributed by atoms with Crippen molar-refractivity contribution in [1.82, 2.24) is 9.80 Å². The lowest BCUT2D eigenvalue weighted by atomic mass is 10.1. The minimum Gasteiger partial charge on any atom is -0.337 e. The minimum atomic E-state index is 0.0162. The van der Waals surface area contributed by atoms with Gasteiger partial charge in [-0.15, -0.1) is 0 Å². The molecule has 2 rings (SSSR count). The maximum atomic E-state index is 12.5. The van der Waals surface area contributed by atoms with Gasteiger partial charge < -0.3 is 9.80 Å². The van der Waals surface area contributed by atoms with Crippen molar-refractivity contribution in [1.29, 1.82) is 0 Å². The summed E-state index contributed by atoms with van der Waals surface area (Å²) in [6.07, 6.45) is 0. The Bertz CT molecular complexity index is 492. The van der Waals surface area contributed by atoms with Crippen LogP contribution in [-0.2, 0) is 0 Å². The van der Waals surface area contributed by atoms with Crippen molar-refractivity contribution >= 4 is 33.4 Å². The quantitative estimate of drug-likeness (QED) is 0.822. The van der Waals surface area contributed by atoms with Crippen LogP contribution in [0.2, 0.25) is 5.02 Å². The van der Waals surface area contributed by atoms with E-state index in [4.69, 9.17) is 11.6 Å². The van der Waals surface area contributed by atoms with E-state index < -0.39 is 0 Å². The molecule has 1 aliphatic rings. The molecule has 1 aromatic carbocycles. The molecule has 5 heteroatoms. The number of hydrogen-bond acceptors (Lipinski definition) is 2. The molecular weight excluding hydrogens is 328 g/mol. The van der Waals surface area contributed by atoms with Gasteiger partial charge in [0.05, 0.1) is 10.6 Å². The van der Waals surface area contributed by atoms with Gasteiger partial charge in [0, 0.05) is 23.6 Å². The van der Waals surface area contributed by atoms with Crippen LogP contribution in [0.1, 0.15) is 17.3 Å². The molecule has 19 heavy (non-hydrogen) atoms. The van der Waals surface area contributed by atoms with Crippen molar-refractivity contribution < 1.29 is 4.79 Å². The number of likely N-dealkylation sites (N-methyl/N-ethyl adjacent to an activating group) is 1. The van der Waals surface area contributed by atoms with Crippen LogP contribution in [0, 0.1) is 5.92 Å². The van der Waals surface area contributed by atoms with E-state index in [0.717, 1.165) is 17.6 Å². The lowest BCUT2D eigenvalue weighted by molar-refractivity contribution is 0.0781. The third-order valence-corrected chi connectivity index (χ3v) is 4.50. The number of amides is 1. The SMILES string of the molecule is CC1CN(C(=O)c2cc(Br)ccc2Cl)CC1N(C)C. The van der Waals surface area contributed by atoms with Gasteiger partial charge in [0.15, 0.2) is 0 Å². The van der Waals surface area contributed by atoms with Crippen LogP contribution >= 0.6 is 27.5 Å². The molecule has 1 aliphatic heterocycles. The predicted molar refractivity (Wildman–Crippen MR) is 81.7 cm³/mol. The van der Waals surface area contributed by atoms with E-state index in [-0.39, 0.29) is 5.91 Å². The first-order valence-electron chi connectivity index (χ1n) is 6.31. The fourth-order valence-electron chi connectivity index (χ4n) is 2.62. The van der Waals surface area contributed by atoms with Crippen LogP contribution in [0.5, 0.6) is 0 Å². The second kappa shape index (κ2) is 5.81. The Morgan fingerprint density at radius 3 is 2.68 bits per heavy atom. The minimum absolute atomic E-state index is 0.0162. The van der Waals surface area contributed by atoms with E-state index in [2.05, 4.69) is 41.8 Å². The highest BCUT2D eigenvalue weighted by molar-refractivity contribution is 9.10. The van der Waals surface area contributed by atoms with Crippen molar-refractivity contribution in [2.24, 2.45) is 5.92 Å². The monoisotopic (exact) mass is 344 g/mol. The molecule has 0 saturated carbocycles. The highest BCUT2D eigenvalue weighted by Crippen LogP contribution is 2.26. The van der Waals surface area contributed by atoms with Crippen LogP contribution in [0.3, 0.4) is 0 Å². The molecule has 0 radical (unpaired) electrons. The fraction of sp³-hybridized carbons (Fsp3) is 0.500. The predicted octanol–water partition coefficient (Wildman–Crippen LogP) is 3.12. The highest BCUT2D eigenvalue weighted by Gasteiger charge is 2.34. The van der Waals surface area contributed by atoms with Gasteiger partial charge in [0.25, 0.3) is 5.91 Å². The number of hydrogen-bond donors (Lipinski definition) is 0. The van der Waals surface area contributed by atoms with E-state index in [0.29, 0.717) is 22.5 Å². The van der Waals surface area contributed by atoms with E-state index >= 15 is 0 Å². The number of carbonyl (C=O) groups excluding carboxylic acids is 1. The zero-order valence-corrected chi connectivity index (χ0v) is 13.7. The molecule has 0 bridgehead atoms. The van der Waals surface area contributed by atoms with Crippen LogP contribution in [0.25, 0.3) is 0 Å². The van der Waals surface area contributed by atoms with E-state index in [1.807, 2.05) is 11.0 Å².